The summed E-state index contributed by atoms with van der Waals surface area (Å²) in [6.07, 6.45) is -7.41. The van der Waals surface area contributed by atoms with Crippen LogP contribution in [0.2, 0.25) is 0 Å². The van der Waals surface area contributed by atoms with Gasteiger partial charge in [-0.05, 0) is 73.8 Å². The summed E-state index contributed by atoms with van der Waals surface area (Å²) < 4.78 is 44.9. The maximum Gasteiger partial charge on any atom is 0.311 e. The van der Waals surface area contributed by atoms with E-state index in [4.69, 9.17) is 33.2 Å². The zero-order valence-electron chi connectivity index (χ0n) is 31.6. The number of carbonyl (C=O) groups excluding carboxylic acids is 1. The van der Waals surface area contributed by atoms with E-state index in [2.05, 4.69) is 12.2 Å². The zero-order chi connectivity index (χ0) is 36.8. The summed E-state index contributed by atoms with van der Waals surface area (Å²) in [6.45, 7) is 18.3. The van der Waals surface area contributed by atoms with Crippen molar-refractivity contribution >= 4 is 5.97 Å². The summed E-state index contributed by atoms with van der Waals surface area (Å²) in [5.41, 5.74) is -3.72. The van der Waals surface area contributed by atoms with Gasteiger partial charge < -0.3 is 58.9 Å². The van der Waals surface area contributed by atoms with Crippen molar-refractivity contribution in [1.82, 2.24) is 5.32 Å². The molecule has 0 aromatic heterocycles. The van der Waals surface area contributed by atoms with Gasteiger partial charge in [0.2, 0.25) is 0 Å². The minimum absolute atomic E-state index is 0.0575. The van der Waals surface area contributed by atoms with E-state index in [9.17, 15) is 25.2 Å². The Kier molecular flexibility index (Phi) is 13.0. The van der Waals surface area contributed by atoms with Gasteiger partial charge in [0.25, 0.3) is 0 Å². The Labute approximate surface area is 292 Å². The Morgan fingerprint density at radius 2 is 1.69 bits per heavy atom. The summed E-state index contributed by atoms with van der Waals surface area (Å²) in [6, 6.07) is -0.264. The van der Waals surface area contributed by atoms with Gasteiger partial charge in [0.15, 0.2) is 12.6 Å². The number of rotatable bonds is 9. The Morgan fingerprint density at radius 1 is 1.04 bits per heavy atom. The van der Waals surface area contributed by atoms with Crippen LogP contribution in [0, 0.1) is 23.7 Å². The van der Waals surface area contributed by atoms with Crippen molar-refractivity contribution in [1.29, 1.82) is 0 Å². The van der Waals surface area contributed by atoms with E-state index in [1.807, 2.05) is 27.7 Å². The highest BCUT2D eigenvalue weighted by Crippen LogP contribution is 2.48. The number of ether oxygens (including phenoxy) is 7. The van der Waals surface area contributed by atoms with Crippen molar-refractivity contribution in [2.45, 2.75) is 185 Å². The van der Waals surface area contributed by atoms with Gasteiger partial charge in [-0.3, -0.25) is 4.79 Å². The van der Waals surface area contributed by atoms with Crippen LogP contribution in [0.5, 0.6) is 0 Å². The SMILES string of the molecule is CC[C@@H](O)[C@@](C)(O)[C@@H]1OC(=O)[C@H](C)[C@@H](O[C@H]2CC(C)(OC)[C@@H](O)C(C)O2)[C@H](C)[C@@H](O[C@@H]2OC(C)CC(NC)C2O)[C@]2(C)CC(C)C(O2)[C@@H]1C. The van der Waals surface area contributed by atoms with Gasteiger partial charge in [0, 0.05) is 31.4 Å². The fraction of sp³-hybridized carbons (Fsp3) is 0.972. The average Bonchev–Trinajstić information content (AvgIpc) is 3.37. The first-order valence-corrected chi connectivity index (χ1v) is 18.2. The molecule has 19 atom stereocenters. The summed E-state index contributed by atoms with van der Waals surface area (Å²) >= 11 is 0. The summed E-state index contributed by atoms with van der Waals surface area (Å²) in [4.78, 5) is 14.2. The number of nitrogens with one attached hydrogen (secondary N) is 1. The fourth-order valence-electron chi connectivity index (χ4n) is 9.00. The highest BCUT2D eigenvalue weighted by atomic mass is 16.7. The van der Waals surface area contributed by atoms with Crippen LogP contribution in [0.4, 0.5) is 0 Å². The van der Waals surface area contributed by atoms with Gasteiger partial charge in [-0.2, -0.15) is 0 Å². The number of hydrogen-bond acceptors (Lipinski definition) is 13. The van der Waals surface area contributed by atoms with E-state index in [1.165, 1.54) is 14.0 Å². The predicted octanol–water partition coefficient (Wildman–Crippen LogP) is 2.28. The molecule has 0 radical (unpaired) electrons. The lowest BCUT2D eigenvalue weighted by Gasteiger charge is -2.48. The largest absolute Gasteiger partial charge is 0.459 e. The van der Waals surface area contributed by atoms with Crippen LogP contribution in [0.3, 0.4) is 0 Å². The van der Waals surface area contributed by atoms with Crippen molar-refractivity contribution in [3.05, 3.63) is 0 Å². The molecular formula is C36H65NO12. The topological polar surface area (TPSA) is 175 Å². The molecule has 4 heterocycles. The van der Waals surface area contributed by atoms with Crippen LogP contribution in [0.25, 0.3) is 0 Å². The van der Waals surface area contributed by atoms with Crippen molar-refractivity contribution < 1.29 is 58.4 Å². The Morgan fingerprint density at radius 3 is 2.29 bits per heavy atom. The highest BCUT2D eigenvalue weighted by Gasteiger charge is 2.58. The van der Waals surface area contributed by atoms with Crippen molar-refractivity contribution in [2.24, 2.45) is 23.7 Å². The fourth-order valence-corrected chi connectivity index (χ4v) is 9.00. The van der Waals surface area contributed by atoms with Crippen molar-refractivity contribution in [3.8, 4) is 0 Å². The second-order valence-electron chi connectivity index (χ2n) is 16.1. The minimum Gasteiger partial charge on any atom is -0.459 e. The van der Waals surface area contributed by atoms with E-state index in [0.717, 1.165) is 0 Å². The van der Waals surface area contributed by atoms with Gasteiger partial charge in [-0.15, -0.1) is 0 Å². The third kappa shape index (κ3) is 8.02. The van der Waals surface area contributed by atoms with E-state index in [1.54, 1.807) is 34.7 Å². The predicted molar refractivity (Wildman–Crippen MR) is 179 cm³/mol. The van der Waals surface area contributed by atoms with Crippen LogP contribution < -0.4 is 5.32 Å². The molecule has 7 unspecified atom stereocenters. The molecule has 0 saturated carbocycles. The monoisotopic (exact) mass is 703 g/mol. The number of cyclic esters (lactones) is 1. The third-order valence-corrected chi connectivity index (χ3v) is 12.1. The van der Waals surface area contributed by atoms with Crippen LogP contribution in [-0.4, -0.2) is 131 Å². The molecule has 0 spiro atoms. The van der Waals surface area contributed by atoms with E-state index in [0.29, 0.717) is 12.8 Å². The van der Waals surface area contributed by atoms with Gasteiger partial charge >= 0.3 is 5.97 Å². The van der Waals surface area contributed by atoms with Crippen molar-refractivity contribution in [2.75, 3.05) is 14.2 Å². The first-order valence-electron chi connectivity index (χ1n) is 18.2. The number of methoxy groups -OCH3 is 1. The third-order valence-electron chi connectivity index (χ3n) is 12.1. The second kappa shape index (κ2) is 15.6. The molecule has 0 aliphatic carbocycles. The lowest BCUT2D eigenvalue weighted by Crippen LogP contribution is -2.60. The summed E-state index contributed by atoms with van der Waals surface area (Å²) in [5, 5.41) is 48.1. The minimum atomic E-state index is -1.78. The molecule has 0 amide bonds. The molecule has 4 fully saturated rings. The van der Waals surface area contributed by atoms with Crippen LogP contribution in [0.15, 0.2) is 0 Å². The number of carbonyl (C=O) groups is 1. The van der Waals surface area contributed by atoms with Gasteiger partial charge in [0.05, 0.1) is 53.7 Å². The molecule has 4 rings (SSSR count). The number of fused-ring (bicyclic) bond motifs is 2. The standard InChI is InChI=1S/C36H65NO12/c1-13-24(38)36(10,42)31-19(4)27-17(2)15-35(9,49-27)30(48-33-26(39)23(37-11)14-18(3)44-33)20(5)28(21(6)32(41)47-31)46-25-16-34(8,43-12)29(40)22(7)45-25/h17-31,33,37-40,42H,13-16H2,1-12H3/t17?,18?,19-,20-,21+,22?,23?,24+,25-,26?,27?,28-,29-,30+,31+,33-,34?,35-,36+/m0/s1. The number of aliphatic hydroxyl groups is 4. The molecule has 2 bridgehead atoms. The first kappa shape index (κ1) is 40.8. The average molecular weight is 704 g/mol. The summed E-state index contributed by atoms with van der Waals surface area (Å²) in [7, 11) is 3.32. The normalized spacial score (nSPS) is 50.2. The molecule has 0 aromatic rings. The zero-order valence-corrected chi connectivity index (χ0v) is 31.6. The van der Waals surface area contributed by atoms with Crippen LogP contribution >= 0.6 is 0 Å². The van der Waals surface area contributed by atoms with Gasteiger partial charge in [0.1, 0.15) is 23.9 Å². The quantitative estimate of drug-likeness (QED) is 0.222. The molecule has 286 valence electrons. The maximum atomic E-state index is 14.2. The number of esters is 1. The van der Waals surface area contributed by atoms with Gasteiger partial charge in [-0.25, -0.2) is 0 Å². The molecule has 4 aliphatic heterocycles. The highest BCUT2D eigenvalue weighted by molar-refractivity contribution is 5.73. The Bertz CT molecular complexity index is 1110. The molecular weight excluding hydrogens is 638 g/mol. The van der Waals surface area contributed by atoms with Crippen molar-refractivity contribution in [3.63, 3.8) is 0 Å². The number of likely N-dealkylation sites (N-methyl/N-ethyl adjacent to an activating group) is 1. The summed E-state index contributed by atoms with van der Waals surface area (Å²) in [5.74, 6) is -2.67. The molecule has 13 nitrogen and oxygen atoms in total. The smallest absolute Gasteiger partial charge is 0.311 e. The van der Waals surface area contributed by atoms with E-state index < -0.39 is 102 Å². The first-order chi connectivity index (χ1) is 22.7. The molecule has 0 aromatic carbocycles. The molecule has 13 heteroatoms. The van der Waals surface area contributed by atoms with E-state index >= 15 is 0 Å². The van der Waals surface area contributed by atoms with Crippen LogP contribution in [-0.2, 0) is 38.0 Å². The lowest BCUT2D eigenvalue weighted by atomic mass is 9.76. The number of hydrogen-bond donors (Lipinski definition) is 5. The Hall–Kier alpha value is -0.970. The molecule has 4 aliphatic rings. The Balaban J connectivity index is 1.82. The van der Waals surface area contributed by atoms with E-state index in [-0.39, 0.29) is 30.9 Å². The molecule has 4 saturated heterocycles. The number of aliphatic hydroxyl groups excluding tert-OH is 3. The van der Waals surface area contributed by atoms with Crippen LogP contribution in [0.1, 0.15) is 94.9 Å². The van der Waals surface area contributed by atoms with Gasteiger partial charge in [-0.1, -0.05) is 27.7 Å². The molecule has 49 heavy (non-hydrogen) atoms. The maximum absolute atomic E-state index is 14.2. The molecule has 5 N–H and O–H groups in total. The lowest BCUT2D eigenvalue weighted by molar-refractivity contribution is -0.316. The second-order valence-corrected chi connectivity index (χ2v) is 16.1.